The highest BCUT2D eigenvalue weighted by Crippen LogP contribution is 2.25. The van der Waals surface area contributed by atoms with Gasteiger partial charge in [-0.25, -0.2) is 0 Å². The Kier molecular flexibility index (Phi) is 13.8. The molecule has 0 saturated carbocycles. The summed E-state index contributed by atoms with van der Waals surface area (Å²) in [6, 6.07) is 5.82. The molecular formula is C23H38O4. The first-order valence-electron chi connectivity index (χ1n) is 10.1. The van der Waals surface area contributed by atoms with E-state index in [1.807, 2.05) is 58.9 Å². The Hall–Kier alpha value is -2.10. The van der Waals surface area contributed by atoms with Crippen molar-refractivity contribution in [1.29, 1.82) is 0 Å². The number of ether oxygens (including phenoxy) is 3. The highest BCUT2D eigenvalue weighted by atomic mass is 16.5. The van der Waals surface area contributed by atoms with Gasteiger partial charge in [0.2, 0.25) is 0 Å². The zero-order valence-electron chi connectivity index (χ0n) is 18.2. The van der Waals surface area contributed by atoms with Crippen molar-refractivity contribution in [2.45, 2.75) is 60.8 Å². The third kappa shape index (κ3) is 9.41. The number of aryl methyl sites for hydroxylation is 1. The van der Waals surface area contributed by atoms with Gasteiger partial charge in [-0.05, 0) is 55.7 Å². The summed E-state index contributed by atoms with van der Waals surface area (Å²) in [6.45, 7) is 13.4. The van der Waals surface area contributed by atoms with E-state index in [-0.39, 0.29) is 5.92 Å². The molecule has 27 heavy (non-hydrogen) atoms. The quantitative estimate of drug-likeness (QED) is 0.518. The topological polar surface area (TPSA) is 47.9 Å². The van der Waals surface area contributed by atoms with Crippen LogP contribution in [0.2, 0.25) is 0 Å². The Morgan fingerprint density at radius 3 is 2.19 bits per heavy atom. The largest absolute Gasteiger partial charge is 0.512 e. The molecule has 4 heteroatoms. The zero-order valence-corrected chi connectivity index (χ0v) is 18.2. The summed E-state index contributed by atoms with van der Waals surface area (Å²) in [5.74, 6) is 3.37. The van der Waals surface area contributed by atoms with Crippen molar-refractivity contribution >= 4 is 0 Å². The Morgan fingerprint density at radius 2 is 1.63 bits per heavy atom. The van der Waals surface area contributed by atoms with Gasteiger partial charge in [0.25, 0.3) is 0 Å². The van der Waals surface area contributed by atoms with Gasteiger partial charge in [-0.3, -0.25) is 0 Å². The van der Waals surface area contributed by atoms with E-state index in [1.54, 1.807) is 13.2 Å². The molecule has 0 fully saturated rings. The van der Waals surface area contributed by atoms with Gasteiger partial charge in [-0.2, -0.15) is 0 Å². The average Bonchev–Trinajstić information content (AvgIpc) is 2.70. The normalized spacial score (nSPS) is 15.1. The highest BCUT2D eigenvalue weighted by molar-refractivity contribution is 5.39. The van der Waals surface area contributed by atoms with Crippen LogP contribution in [0.25, 0.3) is 0 Å². The fourth-order valence-electron chi connectivity index (χ4n) is 2.50. The molecule has 0 amide bonds. The number of benzene rings is 1. The second kappa shape index (κ2) is 15.0. The molecule has 0 spiro atoms. The second-order valence-electron chi connectivity index (χ2n) is 5.87. The lowest BCUT2D eigenvalue weighted by atomic mass is 9.99. The molecule has 1 unspecified atom stereocenters. The number of allylic oxidation sites excluding steroid dienone is 4. The van der Waals surface area contributed by atoms with Crippen LogP contribution in [0.15, 0.2) is 41.9 Å². The lowest BCUT2D eigenvalue weighted by molar-refractivity contribution is 0.162. The van der Waals surface area contributed by atoms with Crippen LogP contribution in [0.4, 0.5) is 0 Å². The van der Waals surface area contributed by atoms with Crippen LogP contribution in [-0.4, -0.2) is 25.4 Å². The van der Waals surface area contributed by atoms with Crippen LogP contribution in [-0.2, 0) is 4.74 Å². The van der Waals surface area contributed by atoms with Crippen LogP contribution in [0.5, 0.6) is 11.5 Å². The predicted molar refractivity (Wildman–Crippen MR) is 114 cm³/mol. The number of aliphatic hydroxyl groups excluding tert-OH is 1. The van der Waals surface area contributed by atoms with E-state index in [0.29, 0.717) is 25.4 Å². The third-order valence-corrected chi connectivity index (χ3v) is 3.89. The van der Waals surface area contributed by atoms with Crippen molar-refractivity contribution in [3.63, 3.8) is 0 Å². The summed E-state index contributed by atoms with van der Waals surface area (Å²) in [6.07, 6.45) is 6.11. The monoisotopic (exact) mass is 378 g/mol. The minimum atomic E-state index is 0.248. The minimum Gasteiger partial charge on any atom is -0.512 e. The van der Waals surface area contributed by atoms with Crippen molar-refractivity contribution in [1.82, 2.24) is 0 Å². The number of aliphatic hydroxyl groups is 1. The summed E-state index contributed by atoms with van der Waals surface area (Å²) in [5.41, 5.74) is 1.08. The standard InChI is InChI=1S/C19H26O4.2C2H6/c1-14-12-16(20)6-8-18(14)22-10-4-5-11-23-19-9-7-17(21-3)13-15(19)2;2*1-2/h6-9,13-14,20H,4-5,10-12H2,1-3H3;2*1-2H3. The van der Waals surface area contributed by atoms with E-state index in [0.717, 1.165) is 35.7 Å². The maximum absolute atomic E-state index is 9.44. The summed E-state index contributed by atoms with van der Waals surface area (Å²) in [5, 5.41) is 9.44. The fraction of sp³-hybridized carbons (Fsp3) is 0.565. The fourth-order valence-corrected chi connectivity index (χ4v) is 2.50. The zero-order chi connectivity index (χ0) is 20.7. The van der Waals surface area contributed by atoms with Crippen LogP contribution >= 0.6 is 0 Å². The molecule has 4 nitrogen and oxygen atoms in total. The molecule has 0 saturated heterocycles. The molecule has 0 bridgehead atoms. The van der Waals surface area contributed by atoms with E-state index in [9.17, 15) is 5.11 Å². The molecule has 0 radical (unpaired) electrons. The maximum Gasteiger partial charge on any atom is 0.122 e. The first kappa shape index (κ1) is 24.9. The van der Waals surface area contributed by atoms with Gasteiger partial charge in [-0.15, -0.1) is 0 Å². The average molecular weight is 379 g/mol. The number of methoxy groups -OCH3 is 1. The van der Waals surface area contributed by atoms with E-state index < -0.39 is 0 Å². The van der Waals surface area contributed by atoms with E-state index >= 15 is 0 Å². The smallest absolute Gasteiger partial charge is 0.122 e. The Balaban J connectivity index is 0.00000158. The Labute approximate surface area is 165 Å². The molecule has 0 aliphatic heterocycles. The van der Waals surface area contributed by atoms with Gasteiger partial charge in [0.15, 0.2) is 0 Å². The number of unbranched alkanes of at least 4 members (excludes halogenated alkanes) is 1. The van der Waals surface area contributed by atoms with Gasteiger partial charge in [0, 0.05) is 12.3 Å². The second-order valence-corrected chi connectivity index (χ2v) is 5.87. The van der Waals surface area contributed by atoms with Crippen molar-refractivity contribution in [2.24, 2.45) is 5.92 Å². The molecule has 1 atom stereocenters. The highest BCUT2D eigenvalue weighted by Gasteiger charge is 2.15. The van der Waals surface area contributed by atoms with Crippen molar-refractivity contribution in [2.75, 3.05) is 20.3 Å². The van der Waals surface area contributed by atoms with Crippen molar-refractivity contribution < 1.29 is 19.3 Å². The molecule has 1 aromatic carbocycles. The summed E-state index contributed by atoms with van der Waals surface area (Å²) in [4.78, 5) is 0. The van der Waals surface area contributed by atoms with E-state index in [4.69, 9.17) is 14.2 Å². The molecule has 1 aromatic rings. The van der Waals surface area contributed by atoms with Gasteiger partial charge in [-0.1, -0.05) is 34.6 Å². The summed E-state index contributed by atoms with van der Waals surface area (Å²) >= 11 is 0. The first-order valence-corrected chi connectivity index (χ1v) is 10.1. The van der Waals surface area contributed by atoms with Crippen molar-refractivity contribution in [3.05, 3.63) is 47.4 Å². The predicted octanol–water partition coefficient (Wildman–Crippen LogP) is 6.60. The minimum absolute atomic E-state index is 0.248. The van der Waals surface area contributed by atoms with Gasteiger partial charge < -0.3 is 19.3 Å². The van der Waals surface area contributed by atoms with Crippen LogP contribution in [0.1, 0.15) is 59.4 Å². The maximum atomic E-state index is 9.44. The van der Waals surface area contributed by atoms with Gasteiger partial charge in [0.05, 0.1) is 31.8 Å². The van der Waals surface area contributed by atoms with Crippen LogP contribution < -0.4 is 9.47 Å². The summed E-state index contributed by atoms with van der Waals surface area (Å²) in [7, 11) is 1.66. The molecule has 2 rings (SSSR count). The van der Waals surface area contributed by atoms with E-state index in [1.165, 1.54) is 0 Å². The molecule has 1 aliphatic rings. The lowest BCUT2D eigenvalue weighted by Crippen LogP contribution is -2.09. The molecule has 1 N–H and O–H groups in total. The molecule has 154 valence electrons. The number of hydrogen-bond donors (Lipinski definition) is 1. The third-order valence-electron chi connectivity index (χ3n) is 3.89. The van der Waals surface area contributed by atoms with E-state index in [2.05, 4.69) is 6.92 Å². The number of hydrogen-bond acceptors (Lipinski definition) is 4. The van der Waals surface area contributed by atoms with Crippen molar-refractivity contribution in [3.8, 4) is 11.5 Å². The summed E-state index contributed by atoms with van der Waals surface area (Å²) < 4.78 is 16.8. The van der Waals surface area contributed by atoms with Crippen LogP contribution in [0, 0.1) is 12.8 Å². The molecule has 1 aliphatic carbocycles. The SMILES string of the molecule is CC.CC.COc1ccc(OCCCCOC2=CC=C(O)CC2C)c(C)c1. The molecular weight excluding hydrogens is 340 g/mol. The van der Waals surface area contributed by atoms with Gasteiger partial charge >= 0.3 is 0 Å². The Morgan fingerprint density at radius 1 is 1.00 bits per heavy atom. The van der Waals surface area contributed by atoms with Gasteiger partial charge in [0.1, 0.15) is 11.5 Å². The molecule has 0 aromatic heterocycles. The molecule has 0 heterocycles. The lowest BCUT2D eigenvalue weighted by Gasteiger charge is -2.19. The van der Waals surface area contributed by atoms with Crippen LogP contribution in [0.3, 0.4) is 0 Å². The Bertz CT molecular complexity index is 576. The first-order chi connectivity index (χ1) is 13.1. The number of rotatable bonds is 8.